The molecular formula is C20H31O5P. The molecule has 26 heavy (non-hydrogen) atoms. The SMILES string of the molecule is CC(C)(C)C(C(CCC1CCCO1)C(=O)O)P(=O)(O)Cc1ccccc1. The number of hydrogen-bond acceptors (Lipinski definition) is 3. The lowest BCUT2D eigenvalue weighted by atomic mass is 9.81. The summed E-state index contributed by atoms with van der Waals surface area (Å²) in [5.74, 6) is -1.86. The molecule has 1 aliphatic heterocycles. The Bertz CT molecular complexity index is 631. The first-order valence-electron chi connectivity index (χ1n) is 9.31. The largest absolute Gasteiger partial charge is 0.481 e. The van der Waals surface area contributed by atoms with Crippen molar-refractivity contribution in [2.75, 3.05) is 6.61 Å². The van der Waals surface area contributed by atoms with Crippen LogP contribution >= 0.6 is 7.37 Å². The van der Waals surface area contributed by atoms with Crippen molar-refractivity contribution < 1.29 is 24.1 Å². The van der Waals surface area contributed by atoms with Crippen LogP contribution in [-0.2, 0) is 20.3 Å². The van der Waals surface area contributed by atoms with Crippen molar-refractivity contribution in [2.45, 2.75) is 64.4 Å². The van der Waals surface area contributed by atoms with Crippen molar-refractivity contribution in [3.63, 3.8) is 0 Å². The Morgan fingerprint density at radius 2 is 1.96 bits per heavy atom. The van der Waals surface area contributed by atoms with Gasteiger partial charge >= 0.3 is 5.97 Å². The molecule has 0 aliphatic carbocycles. The highest BCUT2D eigenvalue weighted by Crippen LogP contribution is 2.59. The maximum atomic E-state index is 13.3. The van der Waals surface area contributed by atoms with E-state index in [0.29, 0.717) is 12.8 Å². The number of benzene rings is 1. The van der Waals surface area contributed by atoms with Gasteiger partial charge in [0, 0.05) is 12.8 Å². The van der Waals surface area contributed by atoms with Gasteiger partial charge in [-0.1, -0.05) is 51.1 Å². The minimum atomic E-state index is -3.74. The predicted molar refractivity (Wildman–Crippen MR) is 103 cm³/mol. The third-order valence-corrected chi connectivity index (χ3v) is 7.92. The van der Waals surface area contributed by atoms with E-state index in [-0.39, 0.29) is 12.3 Å². The highest BCUT2D eigenvalue weighted by atomic mass is 31.2. The zero-order chi connectivity index (χ0) is 19.4. The summed E-state index contributed by atoms with van der Waals surface area (Å²) in [6.07, 6.45) is 2.99. The van der Waals surface area contributed by atoms with Gasteiger partial charge in [0.05, 0.1) is 17.7 Å². The molecule has 1 saturated heterocycles. The molecule has 2 rings (SSSR count). The molecule has 6 heteroatoms. The van der Waals surface area contributed by atoms with E-state index in [1.54, 1.807) is 0 Å². The number of carboxylic acids is 1. The van der Waals surface area contributed by atoms with E-state index in [1.807, 2.05) is 51.1 Å². The van der Waals surface area contributed by atoms with Crippen LogP contribution in [0.1, 0.15) is 52.0 Å². The van der Waals surface area contributed by atoms with Crippen molar-refractivity contribution >= 4 is 13.3 Å². The van der Waals surface area contributed by atoms with Gasteiger partial charge in [0.1, 0.15) is 0 Å². The quantitative estimate of drug-likeness (QED) is 0.645. The molecule has 0 aromatic heterocycles. The van der Waals surface area contributed by atoms with Gasteiger partial charge in [-0.25, -0.2) is 0 Å². The van der Waals surface area contributed by atoms with Crippen LogP contribution in [0.3, 0.4) is 0 Å². The maximum Gasteiger partial charge on any atom is 0.307 e. The fourth-order valence-corrected chi connectivity index (χ4v) is 7.07. The molecule has 1 fully saturated rings. The molecule has 2 N–H and O–H groups in total. The first kappa shape index (κ1) is 21.1. The topological polar surface area (TPSA) is 83.8 Å². The van der Waals surface area contributed by atoms with Crippen LogP contribution in [0.4, 0.5) is 0 Å². The molecular weight excluding hydrogens is 351 g/mol. The van der Waals surface area contributed by atoms with Crippen LogP contribution in [0.5, 0.6) is 0 Å². The molecule has 1 heterocycles. The van der Waals surface area contributed by atoms with E-state index in [1.165, 1.54) is 0 Å². The molecule has 0 radical (unpaired) electrons. The minimum absolute atomic E-state index is 0.000511. The van der Waals surface area contributed by atoms with E-state index in [0.717, 1.165) is 25.0 Å². The van der Waals surface area contributed by atoms with Gasteiger partial charge in [0.15, 0.2) is 0 Å². The number of hydrogen-bond donors (Lipinski definition) is 2. The highest BCUT2D eigenvalue weighted by molar-refractivity contribution is 7.58. The number of ether oxygens (including phenoxy) is 1. The van der Waals surface area contributed by atoms with Crippen molar-refractivity contribution in [2.24, 2.45) is 11.3 Å². The van der Waals surface area contributed by atoms with Gasteiger partial charge < -0.3 is 14.7 Å². The number of aliphatic carboxylic acids is 1. The summed E-state index contributed by atoms with van der Waals surface area (Å²) in [4.78, 5) is 23.0. The molecule has 0 spiro atoms. The van der Waals surface area contributed by atoms with Crippen LogP contribution in [0.2, 0.25) is 0 Å². The molecule has 1 aromatic rings. The number of carbonyl (C=O) groups is 1. The Morgan fingerprint density at radius 1 is 1.31 bits per heavy atom. The average molecular weight is 382 g/mol. The van der Waals surface area contributed by atoms with Gasteiger partial charge in [-0.2, -0.15) is 0 Å². The minimum Gasteiger partial charge on any atom is -0.481 e. The van der Waals surface area contributed by atoms with Crippen molar-refractivity contribution in [1.82, 2.24) is 0 Å². The molecule has 0 saturated carbocycles. The van der Waals surface area contributed by atoms with E-state index < -0.39 is 30.3 Å². The third kappa shape index (κ3) is 5.67. The standard InChI is InChI=1S/C20H31O5P/c1-20(2,3)18(26(23,24)14-15-8-5-4-6-9-15)17(19(21)22)12-11-16-10-7-13-25-16/h4-6,8-9,16-18H,7,10-14H2,1-3H3,(H,21,22)(H,23,24). The van der Waals surface area contributed by atoms with E-state index in [4.69, 9.17) is 4.74 Å². The van der Waals surface area contributed by atoms with Crippen LogP contribution in [0.25, 0.3) is 0 Å². The second-order valence-electron chi connectivity index (χ2n) is 8.37. The lowest BCUT2D eigenvalue weighted by Gasteiger charge is -2.38. The van der Waals surface area contributed by atoms with Gasteiger partial charge in [-0.05, 0) is 36.7 Å². The Labute approximate surface area is 156 Å². The van der Waals surface area contributed by atoms with Crippen molar-refractivity contribution in [3.8, 4) is 0 Å². The fourth-order valence-electron chi connectivity index (χ4n) is 4.09. The molecule has 1 aliphatic rings. The molecule has 1 aromatic carbocycles. The summed E-state index contributed by atoms with van der Waals surface area (Å²) < 4.78 is 18.9. The molecule has 5 nitrogen and oxygen atoms in total. The van der Waals surface area contributed by atoms with Gasteiger partial charge in [0.2, 0.25) is 7.37 Å². The second-order valence-corrected chi connectivity index (χ2v) is 10.8. The van der Waals surface area contributed by atoms with E-state index in [9.17, 15) is 19.4 Å². The van der Waals surface area contributed by atoms with Gasteiger partial charge in [0.25, 0.3) is 0 Å². The summed E-state index contributed by atoms with van der Waals surface area (Å²) in [6, 6.07) is 9.13. The van der Waals surface area contributed by atoms with Crippen LogP contribution in [0.15, 0.2) is 30.3 Å². The lowest BCUT2D eigenvalue weighted by molar-refractivity contribution is -0.143. The summed E-state index contributed by atoms with van der Waals surface area (Å²) in [6.45, 7) is 6.28. The Morgan fingerprint density at radius 3 is 2.46 bits per heavy atom. The predicted octanol–water partition coefficient (Wildman–Crippen LogP) is 4.53. The molecule has 0 amide bonds. The average Bonchev–Trinajstić information content (AvgIpc) is 3.03. The normalized spacial score (nSPS) is 22.5. The summed E-state index contributed by atoms with van der Waals surface area (Å²) in [5.41, 5.74) is -0.650. The van der Waals surface area contributed by atoms with Gasteiger partial charge in [-0.3, -0.25) is 9.36 Å². The van der Waals surface area contributed by atoms with Gasteiger partial charge in [-0.15, -0.1) is 0 Å². The van der Waals surface area contributed by atoms with E-state index in [2.05, 4.69) is 0 Å². The first-order valence-corrected chi connectivity index (χ1v) is 11.2. The van der Waals surface area contributed by atoms with Crippen LogP contribution in [-0.4, -0.2) is 34.3 Å². The maximum absolute atomic E-state index is 13.3. The summed E-state index contributed by atoms with van der Waals surface area (Å²) in [5, 5.41) is 9.84. The van der Waals surface area contributed by atoms with Crippen LogP contribution < -0.4 is 0 Å². The zero-order valence-corrected chi connectivity index (χ0v) is 16.8. The highest BCUT2D eigenvalue weighted by Gasteiger charge is 2.47. The monoisotopic (exact) mass is 382 g/mol. The zero-order valence-electron chi connectivity index (χ0n) is 15.9. The van der Waals surface area contributed by atoms with E-state index >= 15 is 0 Å². The second kappa shape index (κ2) is 8.69. The third-order valence-electron chi connectivity index (χ3n) is 5.10. The summed E-state index contributed by atoms with van der Waals surface area (Å²) in [7, 11) is -3.74. The number of carboxylic acid groups (broad SMARTS) is 1. The Kier molecular flexibility index (Phi) is 7.06. The summed E-state index contributed by atoms with van der Waals surface area (Å²) >= 11 is 0. The Balaban J connectivity index is 2.24. The first-order chi connectivity index (χ1) is 12.1. The Hall–Kier alpha value is -1.16. The number of rotatable bonds is 8. The van der Waals surface area contributed by atoms with Crippen molar-refractivity contribution in [3.05, 3.63) is 35.9 Å². The lowest BCUT2D eigenvalue weighted by Crippen LogP contribution is -2.39. The fraction of sp³-hybridized carbons (Fsp3) is 0.650. The molecule has 4 unspecified atom stereocenters. The van der Waals surface area contributed by atoms with Crippen molar-refractivity contribution in [1.29, 1.82) is 0 Å². The van der Waals surface area contributed by atoms with Crippen LogP contribution in [0, 0.1) is 11.3 Å². The molecule has 0 bridgehead atoms. The molecule has 4 atom stereocenters. The molecule has 146 valence electrons. The smallest absolute Gasteiger partial charge is 0.307 e.